The van der Waals surface area contributed by atoms with Crippen LogP contribution >= 0.6 is 39.1 Å². The Morgan fingerprint density at radius 1 is 1.09 bits per heavy atom. The minimum Gasteiger partial charge on any atom is -0.493 e. The number of carbonyl (C=O) groups excluding carboxylic acids is 2. The number of methoxy groups -OCH3 is 1. The van der Waals surface area contributed by atoms with E-state index < -0.39 is 11.8 Å². The molecule has 0 atom stereocenters. The zero-order valence-electron chi connectivity index (χ0n) is 18.2. The Labute approximate surface area is 215 Å². The molecule has 2 amide bonds. The normalized spacial score (nSPS) is 10.7. The van der Waals surface area contributed by atoms with Crippen molar-refractivity contribution in [2.75, 3.05) is 12.4 Å². The molecular formula is C24H20BrCl2N3O4. The molecule has 34 heavy (non-hydrogen) atoms. The Morgan fingerprint density at radius 2 is 1.85 bits per heavy atom. The number of nitrogens with zero attached hydrogens (tertiary/aromatic N) is 1. The van der Waals surface area contributed by atoms with E-state index in [0.29, 0.717) is 28.1 Å². The quantitative estimate of drug-likeness (QED) is 0.217. The van der Waals surface area contributed by atoms with Crippen molar-refractivity contribution in [2.45, 2.75) is 13.5 Å². The average molecular weight is 565 g/mol. The molecule has 176 valence electrons. The van der Waals surface area contributed by atoms with Crippen LogP contribution in [0.5, 0.6) is 11.5 Å². The summed E-state index contributed by atoms with van der Waals surface area (Å²) in [5, 5.41) is 6.60. The standard InChI is InChI=1S/C24H20BrCl2N3O4/c1-14-5-3-6-15(9-14)13-34-22-17(25)10-16(11-20(22)33-2)12-28-30-24(32)23(31)29-19-8-4-7-18(26)21(19)27/h3-12H,13H2,1-2H3,(H,29,31)(H,30,32). The molecule has 0 aromatic heterocycles. The molecule has 3 rings (SSSR count). The van der Waals surface area contributed by atoms with Crippen LogP contribution < -0.4 is 20.2 Å². The predicted octanol–water partition coefficient (Wildman–Crippen LogP) is 5.74. The van der Waals surface area contributed by atoms with Gasteiger partial charge in [-0.05, 0) is 58.2 Å². The molecule has 0 spiro atoms. The van der Waals surface area contributed by atoms with Gasteiger partial charge in [0, 0.05) is 0 Å². The molecule has 0 heterocycles. The zero-order chi connectivity index (χ0) is 24.7. The number of halogens is 3. The average Bonchev–Trinajstić information content (AvgIpc) is 2.81. The summed E-state index contributed by atoms with van der Waals surface area (Å²) in [6, 6.07) is 16.1. The predicted molar refractivity (Wildman–Crippen MR) is 137 cm³/mol. The summed E-state index contributed by atoms with van der Waals surface area (Å²) in [6.45, 7) is 2.38. The minimum absolute atomic E-state index is 0.135. The Bertz CT molecular complexity index is 1250. The van der Waals surface area contributed by atoms with Crippen LogP contribution in [0.25, 0.3) is 0 Å². The van der Waals surface area contributed by atoms with Gasteiger partial charge in [0.05, 0.1) is 33.5 Å². The molecule has 0 unspecified atom stereocenters. The summed E-state index contributed by atoms with van der Waals surface area (Å²) in [6.07, 6.45) is 1.37. The molecule has 0 saturated heterocycles. The van der Waals surface area contributed by atoms with Gasteiger partial charge in [0.15, 0.2) is 11.5 Å². The lowest BCUT2D eigenvalue weighted by molar-refractivity contribution is -0.136. The lowest BCUT2D eigenvalue weighted by Crippen LogP contribution is -2.32. The van der Waals surface area contributed by atoms with Crippen LogP contribution in [0.15, 0.2) is 64.2 Å². The van der Waals surface area contributed by atoms with E-state index in [4.69, 9.17) is 32.7 Å². The monoisotopic (exact) mass is 563 g/mol. The lowest BCUT2D eigenvalue weighted by atomic mass is 10.1. The fourth-order valence-electron chi connectivity index (χ4n) is 2.91. The van der Waals surface area contributed by atoms with Gasteiger partial charge in [-0.15, -0.1) is 0 Å². The number of carbonyl (C=O) groups is 2. The van der Waals surface area contributed by atoms with Crippen molar-refractivity contribution in [1.29, 1.82) is 0 Å². The molecule has 0 bridgehead atoms. The minimum atomic E-state index is -0.976. The molecule has 10 heteroatoms. The van der Waals surface area contributed by atoms with Crippen LogP contribution in [-0.4, -0.2) is 25.1 Å². The molecule has 7 nitrogen and oxygen atoms in total. The van der Waals surface area contributed by atoms with Crippen molar-refractivity contribution in [3.05, 3.63) is 85.8 Å². The Hall–Kier alpha value is -3.07. The number of anilines is 1. The van der Waals surface area contributed by atoms with Crippen molar-refractivity contribution in [3.63, 3.8) is 0 Å². The maximum atomic E-state index is 12.1. The number of benzene rings is 3. The molecule has 3 aromatic carbocycles. The molecule has 0 fully saturated rings. The molecule has 0 saturated carbocycles. The second-order valence-corrected chi connectivity index (χ2v) is 8.71. The van der Waals surface area contributed by atoms with E-state index in [9.17, 15) is 9.59 Å². The number of aryl methyl sites for hydroxylation is 1. The topological polar surface area (TPSA) is 89.0 Å². The van der Waals surface area contributed by atoms with Crippen LogP contribution in [0.1, 0.15) is 16.7 Å². The third-order valence-corrected chi connectivity index (χ3v) is 5.91. The largest absolute Gasteiger partial charge is 0.493 e. The summed E-state index contributed by atoms with van der Waals surface area (Å²) in [7, 11) is 1.52. The van der Waals surface area contributed by atoms with Crippen molar-refractivity contribution in [2.24, 2.45) is 5.10 Å². The maximum Gasteiger partial charge on any atom is 0.329 e. The van der Waals surface area contributed by atoms with Crippen molar-refractivity contribution in [3.8, 4) is 11.5 Å². The van der Waals surface area contributed by atoms with Crippen molar-refractivity contribution >= 4 is 62.8 Å². The first-order valence-corrected chi connectivity index (χ1v) is 11.5. The van der Waals surface area contributed by atoms with E-state index >= 15 is 0 Å². The molecular weight excluding hydrogens is 545 g/mol. The fraction of sp³-hybridized carbons (Fsp3) is 0.125. The van der Waals surface area contributed by atoms with E-state index in [0.717, 1.165) is 11.1 Å². The van der Waals surface area contributed by atoms with Gasteiger partial charge < -0.3 is 14.8 Å². The summed E-state index contributed by atoms with van der Waals surface area (Å²) in [4.78, 5) is 24.1. The first-order chi connectivity index (χ1) is 16.3. The second kappa shape index (κ2) is 11.9. The molecule has 0 radical (unpaired) electrons. The highest BCUT2D eigenvalue weighted by Gasteiger charge is 2.16. The summed E-state index contributed by atoms with van der Waals surface area (Å²) in [5.41, 5.74) is 5.15. The number of ether oxygens (including phenoxy) is 2. The second-order valence-electron chi connectivity index (χ2n) is 7.07. The van der Waals surface area contributed by atoms with Crippen LogP contribution in [0.4, 0.5) is 5.69 Å². The first-order valence-electron chi connectivity index (χ1n) is 9.92. The number of nitrogens with one attached hydrogen (secondary N) is 2. The Morgan fingerprint density at radius 3 is 2.59 bits per heavy atom. The Kier molecular flexibility index (Phi) is 8.92. The van der Waals surface area contributed by atoms with Crippen LogP contribution in [0.2, 0.25) is 10.0 Å². The number of hydrogen-bond donors (Lipinski definition) is 2. The number of rotatable bonds is 7. The third-order valence-electron chi connectivity index (χ3n) is 4.50. The van der Waals surface area contributed by atoms with Crippen molar-refractivity contribution in [1.82, 2.24) is 5.43 Å². The van der Waals surface area contributed by atoms with Crippen molar-refractivity contribution < 1.29 is 19.1 Å². The number of amides is 2. The molecule has 0 aliphatic carbocycles. The maximum absolute atomic E-state index is 12.1. The SMILES string of the molecule is COc1cc(C=NNC(=O)C(=O)Nc2cccc(Cl)c2Cl)cc(Br)c1OCc1cccc(C)c1. The summed E-state index contributed by atoms with van der Waals surface area (Å²) >= 11 is 15.4. The van der Waals surface area contributed by atoms with Gasteiger partial charge in [0.1, 0.15) is 6.61 Å². The van der Waals surface area contributed by atoms with Crippen LogP contribution in [0, 0.1) is 6.92 Å². The van der Waals surface area contributed by atoms with Gasteiger partial charge in [0.25, 0.3) is 0 Å². The van der Waals surface area contributed by atoms with Gasteiger partial charge >= 0.3 is 11.8 Å². The van der Waals surface area contributed by atoms with Gasteiger partial charge in [-0.1, -0.05) is 59.1 Å². The van der Waals surface area contributed by atoms with E-state index in [1.54, 1.807) is 24.3 Å². The highest BCUT2D eigenvalue weighted by molar-refractivity contribution is 9.10. The lowest BCUT2D eigenvalue weighted by Gasteiger charge is -2.14. The zero-order valence-corrected chi connectivity index (χ0v) is 21.3. The van der Waals surface area contributed by atoms with Gasteiger partial charge in [-0.2, -0.15) is 5.10 Å². The van der Waals surface area contributed by atoms with E-state index in [-0.39, 0.29) is 15.7 Å². The third kappa shape index (κ3) is 6.72. The molecule has 0 aliphatic heterocycles. The van der Waals surface area contributed by atoms with Gasteiger partial charge in [-0.25, -0.2) is 5.43 Å². The first kappa shape index (κ1) is 25.6. The summed E-state index contributed by atoms with van der Waals surface area (Å²) in [5.74, 6) is -0.914. The molecule has 0 aliphatic rings. The van der Waals surface area contributed by atoms with E-state index in [1.165, 1.54) is 19.4 Å². The number of hydrazone groups is 1. The van der Waals surface area contributed by atoms with Gasteiger partial charge in [0.2, 0.25) is 0 Å². The van der Waals surface area contributed by atoms with E-state index in [2.05, 4.69) is 31.8 Å². The van der Waals surface area contributed by atoms with Crippen LogP contribution in [0.3, 0.4) is 0 Å². The molecule has 3 aromatic rings. The number of hydrogen-bond acceptors (Lipinski definition) is 5. The highest BCUT2D eigenvalue weighted by atomic mass is 79.9. The van der Waals surface area contributed by atoms with Crippen LogP contribution in [-0.2, 0) is 16.2 Å². The Balaban J connectivity index is 1.63. The van der Waals surface area contributed by atoms with E-state index in [1.807, 2.05) is 31.2 Å². The van der Waals surface area contributed by atoms with Gasteiger partial charge in [-0.3, -0.25) is 9.59 Å². The smallest absolute Gasteiger partial charge is 0.329 e. The molecule has 2 N–H and O–H groups in total. The highest BCUT2D eigenvalue weighted by Crippen LogP contribution is 2.37. The fourth-order valence-corrected chi connectivity index (χ4v) is 3.83. The summed E-state index contributed by atoms with van der Waals surface area (Å²) < 4.78 is 12.0.